The molecule has 4 aliphatic rings. The summed E-state index contributed by atoms with van der Waals surface area (Å²) in [5.41, 5.74) is -1.27. The van der Waals surface area contributed by atoms with Crippen molar-refractivity contribution in [3.05, 3.63) is 23.8 Å². The normalized spacial score (nSPS) is 53.4. The minimum Gasteiger partial charge on any atom is -0.393 e. The summed E-state index contributed by atoms with van der Waals surface area (Å²) in [5, 5.41) is 20.8. The summed E-state index contributed by atoms with van der Waals surface area (Å²) in [6.45, 7) is 0.531. The molecule has 0 spiro atoms. The van der Waals surface area contributed by atoms with Gasteiger partial charge in [-0.15, -0.1) is 0 Å². The fraction of sp³-hybridized carbons (Fsp3) is 0.727. The maximum absolute atomic E-state index is 15.3. The molecule has 9 atom stereocenters. The fourth-order valence-corrected chi connectivity index (χ4v) is 7.08. The second-order valence-electron chi connectivity index (χ2n) is 9.34. The fourth-order valence-electron chi connectivity index (χ4n) is 7.08. The first-order chi connectivity index (χ1) is 13.8. The van der Waals surface area contributed by atoms with Crippen molar-refractivity contribution in [1.82, 2.24) is 0 Å². The van der Waals surface area contributed by atoms with Crippen molar-refractivity contribution in [2.45, 2.75) is 52.2 Å². The Bertz CT molecular complexity index is 837. The van der Waals surface area contributed by atoms with Crippen molar-refractivity contribution >= 4 is 11.6 Å². The predicted molar refractivity (Wildman–Crippen MR) is 98.4 cm³/mol. The summed E-state index contributed by atoms with van der Waals surface area (Å²) < 4.78 is 39.3. The number of ketones is 2. The number of allylic oxidation sites excluding steroid dienone is 4. The van der Waals surface area contributed by atoms with E-state index in [1.165, 1.54) is 12.2 Å². The summed E-state index contributed by atoms with van der Waals surface area (Å²) in [4.78, 5) is 24.5. The zero-order valence-corrected chi connectivity index (χ0v) is 15.7. The highest BCUT2D eigenvalue weighted by atomic mass is 19.1. The number of hydrogen-bond donors (Lipinski definition) is 2. The zero-order valence-electron chi connectivity index (χ0n) is 18.7. The van der Waals surface area contributed by atoms with Gasteiger partial charge >= 0.3 is 0 Å². The molecule has 4 rings (SSSR count). The van der Waals surface area contributed by atoms with E-state index in [4.69, 9.17) is 4.11 Å². The number of rotatable bonds is 2. The van der Waals surface area contributed by atoms with Gasteiger partial charge in [0.1, 0.15) is 12.8 Å². The summed E-state index contributed by atoms with van der Waals surface area (Å²) >= 11 is 0. The van der Waals surface area contributed by atoms with Crippen LogP contribution in [0.3, 0.4) is 0 Å². The van der Waals surface area contributed by atoms with Crippen molar-refractivity contribution in [2.24, 2.45) is 40.4 Å². The van der Waals surface area contributed by atoms with Gasteiger partial charge in [0.15, 0.2) is 11.6 Å². The van der Waals surface area contributed by atoms with Gasteiger partial charge in [-0.1, -0.05) is 26.8 Å². The molecule has 0 amide bonds. The average Bonchev–Trinajstić information content (AvgIpc) is 2.95. The molecule has 148 valence electrons. The third-order valence-electron chi connectivity index (χ3n) is 8.03. The van der Waals surface area contributed by atoms with E-state index in [1.54, 1.807) is 6.08 Å². The van der Waals surface area contributed by atoms with Crippen LogP contribution in [-0.4, -0.2) is 40.7 Å². The molecule has 0 radical (unpaired) electrons. The number of carbonyl (C=O) groups excluding carboxylic acids is 2. The van der Waals surface area contributed by atoms with Gasteiger partial charge in [-0.2, -0.15) is 0 Å². The van der Waals surface area contributed by atoms with Gasteiger partial charge in [-0.05, 0) is 60.2 Å². The lowest BCUT2D eigenvalue weighted by Crippen LogP contribution is -2.58. The Morgan fingerprint density at radius 1 is 1.41 bits per heavy atom. The molecule has 0 heterocycles. The lowest BCUT2D eigenvalue weighted by molar-refractivity contribution is -0.144. The number of aliphatic hydroxyl groups is 2. The Balaban J connectivity index is 1.80. The molecular weight excluding hydrogens is 347 g/mol. The third-order valence-corrected chi connectivity index (χ3v) is 8.03. The molecule has 0 aliphatic heterocycles. The SMILES string of the molecule is [2H]C([2H])([2H])[C@H]1C[C@H]2[C@@H]3C[C@H](F)C4=CC(=O)C=C[C@]4(C)[C@H]3[C@@H](O)C[C@]2(C)[C@H]1C(=O)CO. The Hall–Kier alpha value is -1.33. The number of hydrogen-bond acceptors (Lipinski definition) is 4. The van der Waals surface area contributed by atoms with Crippen LogP contribution in [0, 0.1) is 40.4 Å². The van der Waals surface area contributed by atoms with Gasteiger partial charge in [-0.3, -0.25) is 9.59 Å². The summed E-state index contributed by atoms with van der Waals surface area (Å²) in [6.07, 6.45) is 2.74. The van der Waals surface area contributed by atoms with Crippen molar-refractivity contribution in [3.63, 3.8) is 0 Å². The average molecular weight is 379 g/mol. The van der Waals surface area contributed by atoms with Crippen LogP contribution >= 0.6 is 0 Å². The maximum Gasteiger partial charge on any atom is 0.178 e. The van der Waals surface area contributed by atoms with E-state index in [0.29, 0.717) is 5.57 Å². The Kier molecular flexibility index (Phi) is 3.51. The first kappa shape index (κ1) is 15.6. The number of fused-ring (bicyclic) bond motifs is 5. The van der Waals surface area contributed by atoms with Gasteiger partial charge in [0.2, 0.25) is 0 Å². The number of alkyl halides is 1. The van der Waals surface area contributed by atoms with Crippen molar-refractivity contribution in [3.8, 4) is 0 Å². The lowest BCUT2D eigenvalue weighted by Gasteiger charge is -2.59. The molecular formula is C22H29FO4. The number of halogens is 1. The van der Waals surface area contributed by atoms with E-state index in [1.807, 2.05) is 13.8 Å². The van der Waals surface area contributed by atoms with Crippen molar-refractivity contribution < 1.29 is 28.3 Å². The van der Waals surface area contributed by atoms with Crippen LogP contribution in [0.4, 0.5) is 4.39 Å². The van der Waals surface area contributed by atoms with E-state index >= 15 is 4.39 Å². The molecule has 5 heteroatoms. The Labute approximate surface area is 163 Å². The summed E-state index contributed by atoms with van der Waals surface area (Å²) in [7, 11) is 0. The van der Waals surface area contributed by atoms with E-state index < -0.39 is 54.2 Å². The monoisotopic (exact) mass is 379 g/mol. The van der Waals surface area contributed by atoms with Crippen LogP contribution in [0.25, 0.3) is 0 Å². The Morgan fingerprint density at radius 2 is 2.15 bits per heavy atom. The number of aliphatic hydroxyl groups excluding tert-OH is 2. The predicted octanol–water partition coefficient (Wildman–Crippen LogP) is 2.64. The van der Waals surface area contributed by atoms with E-state index in [0.717, 1.165) is 0 Å². The zero-order chi connectivity index (χ0) is 22.2. The third kappa shape index (κ3) is 2.47. The van der Waals surface area contributed by atoms with Crippen molar-refractivity contribution in [1.29, 1.82) is 0 Å². The van der Waals surface area contributed by atoms with E-state index in [2.05, 4.69) is 0 Å². The first-order valence-electron chi connectivity index (χ1n) is 11.3. The molecule has 0 bridgehead atoms. The molecule has 0 aromatic heterocycles. The second-order valence-corrected chi connectivity index (χ2v) is 9.34. The smallest absolute Gasteiger partial charge is 0.178 e. The highest BCUT2D eigenvalue weighted by Gasteiger charge is 2.65. The van der Waals surface area contributed by atoms with Crippen LogP contribution in [-0.2, 0) is 9.59 Å². The summed E-state index contributed by atoms with van der Waals surface area (Å²) in [5.74, 6) is -3.57. The molecule has 0 unspecified atom stereocenters. The van der Waals surface area contributed by atoms with Crippen LogP contribution in [0.15, 0.2) is 23.8 Å². The summed E-state index contributed by atoms with van der Waals surface area (Å²) in [6, 6.07) is 0. The number of Topliss-reactive ketones (excluding diaryl/α,β-unsaturated/α-hetero) is 1. The largest absolute Gasteiger partial charge is 0.393 e. The standard InChI is InChI=1S/C22H29FO4/c1-11-6-14-13-8-16(23)15-7-12(25)4-5-21(15,2)20(13)17(26)9-22(14,3)19(11)18(27)10-24/h4-5,7,11,13-14,16-17,19-20,24,26H,6,8-10H2,1-3H3/t11-,13-,14-,16-,17-,19+,20+,21-,22-/m0/s1/i1D3. The minimum atomic E-state index is -2.38. The van der Waals surface area contributed by atoms with E-state index in [-0.39, 0.29) is 42.8 Å². The van der Waals surface area contributed by atoms with E-state index in [9.17, 15) is 19.8 Å². The van der Waals surface area contributed by atoms with Crippen molar-refractivity contribution in [2.75, 3.05) is 6.61 Å². The molecule has 4 aliphatic carbocycles. The lowest BCUT2D eigenvalue weighted by atomic mass is 9.46. The topological polar surface area (TPSA) is 74.6 Å². The number of carbonyl (C=O) groups is 2. The molecule has 2 N–H and O–H groups in total. The van der Waals surface area contributed by atoms with Gasteiger partial charge in [0.05, 0.1) is 6.10 Å². The second kappa shape index (κ2) is 6.08. The molecule has 3 fully saturated rings. The maximum atomic E-state index is 15.3. The minimum absolute atomic E-state index is 0.0955. The highest BCUT2D eigenvalue weighted by molar-refractivity contribution is 6.01. The highest BCUT2D eigenvalue weighted by Crippen LogP contribution is 2.67. The molecule has 4 nitrogen and oxygen atoms in total. The molecule has 0 aromatic rings. The van der Waals surface area contributed by atoms with Crippen LogP contribution < -0.4 is 0 Å². The van der Waals surface area contributed by atoms with Gasteiger partial charge in [-0.25, -0.2) is 4.39 Å². The Morgan fingerprint density at radius 3 is 2.81 bits per heavy atom. The quantitative estimate of drug-likeness (QED) is 0.773. The molecule has 0 aromatic carbocycles. The molecule has 27 heavy (non-hydrogen) atoms. The first-order valence-corrected chi connectivity index (χ1v) is 9.75. The molecule has 0 saturated heterocycles. The van der Waals surface area contributed by atoms with Gasteiger partial charge in [0.25, 0.3) is 0 Å². The van der Waals surface area contributed by atoms with Gasteiger partial charge in [0, 0.05) is 21.4 Å². The van der Waals surface area contributed by atoms with Gasteiger partial charge < -0.3 is 10.2 Å². The van der Waals surface area contributed by atoms with Crippen LogP contribution in [0.1, 0.15) is 44.1 Å². The molecule has 3 saturated carbocycles. The van der Waals surface area contributed by atoms with Crippen LogP contribution in [0.2, 0.25) is 0 Å². The van der Waals surface area contributed by atoms with Crippen LogP contribution in [0.5, 0.6) is 0 Å².